The number of fused-ring (bicyclic) bond motifs is 1. The van der Waals surface area contributed by atoms with E-state index in [1.165, 1.54) is 5.57 Å². The summed E-state index contributed by atoms with van der Waals surface area (Å²) in [4.78, 5) is 21.6. The lowest BCUT2D eigenvalue weighted by atomic mass is 10.0. The topological polar surface area (TPSA) is 64.2 Å². The average Bonchev–Trinajstić information content (AvgIpc) is 3.08. The molecule has 3 aromatic heterocycles. The highest BCUT2D eigenvalue weighted by Gasteiger charge is 2.09. The van der Waals surface area contributed by atoms with Crippen LogP contribution in [0, 0.1) is 6.92 Å². The molecule has 6 nitrogen and oxygen atoms in total. The van der Waals surface area contributed by atoms with Gasteiger partial charge in [0.2, 0.25) is 0 Å². The number of allylic oxidation sites excluding steroid dienone is 2. The summed E-state index contributed by atoms with van der Waals surface area (Å²) in [5.41, 5.74) is 5.42. The van der Waals surface area contributed by atoms with Gasteiger partial charge in [0.25, 0.3) is 5.56 Å². The first-order chi connectivity index (χ1) is 13.5. The zero-order chi connectivity index (χ0) is 19.7. The van der Waals surface area contributed by atoms with Crippen molar-refractivity contribution in [1.82, 2.24) is 24.3 Å². The highest BCUT2D eigenvalue weighted by molar-refractivity contribution is 5.62. The third-order valence-corrected chi connectivity index (χ3v) is 4.95. The molecule has 4 heterocycles. The molecule has 0 spiro atoms. The molecular formula is C22H23N5O. The molecule has 142 valence electrons. The van der Waals surface area contributed by atoms with Gasteiger partial charge in [0.05, 0.1) is 11.4 Å². The van der Waals surface area contributed by atoms with Gasteiger partial charge in [0, 0.05) is 37.6 Å². The molecule has 6 heteroatoms. The van der Waals surface area contributed by atoms with Crippen LogP contribution in [0.25, 0.3) is 23.0 Å². The first-order valence-corrected chi connectivity index (χ1v) is 9.32. The zero-order valence-electron chi connectivity index (χ0n) is 16.1. The van der Waals surface area contributed by atoms with Gasteiger partial charge in [-0.3, -0.25) is 9.36 Å². The van der Waals surface area contributed by atoms with E-state index in [0.717, 1.165) is 42.0 Å². The van der Waals surface area contributed by atoms with E-state index in [1.807, 2.05) is 48.0 Å². The van der Waals surface area contributed by atoms with Crippen molar-refractivity contribution < 1.29 is 0 Å². The molecule has 0 aromatic carbocycles. The number of nitrogens with one attached hydrogen (secondary N) is 1. The lowest BCUT2D eigenvalue weighted by Gasteiger charge is -2.14. The quantitative estimate of drug-likeness (QED) is 0.714. The Bertz CT molecular complexity index is 1180. The third-order valence-electron chi connectivity index (χ3n) is 4.95. The number of pyridine rings is 1. The van der Waals surface area contributed by atoms with Crippen LogP contribution in [0.2, 0.25) is 0 Å². The van der Waals surface area contributed by atoms with Crippen molar-refractivity contribution in [3.8, 4) is 11.3 Å². The minimum absolute atomic E-state index is 0.0988. The van der Waals surface area contributed by atoms with Crippen LogP contribution >= 0.6 is 0 Å². The van der Waals surface area contributed by atoms with E-state index < -0.39 is 0 Å². The molecular weight excluding hydrogens is 350 g/mol. The van der Waals surface area contributed by atoms with Crippen LogP contribution in [0.1, 0.15) is 17.9 Å². The van der Waals surface area contributed by atoms with Gasteiger partial charge in [-0.15, -0.1) is 0 Å². The summed E-state index contributed by atoms with van der Waals surface area (Å²) < 4.78 is 3.49. The molecule has 1 aliphatic heterocycles. The first kappa shape index (κ1) is 18.1. The highest BCUT2D eigenvalue weighted by Crippen LogP contribution is 2.19. The Balaban J connectivity index is 1.69. The van der Waals surface area contributed by atoms with Gasteiger partial charge in [-0.2, -0.15) is 0 Å². The van der Waals surface area contributed by atoms with Crippen LogP contribution in [0.5, 0.6) is 0 Å². The van der Waals surface area contributed by atoms with E-state index in [4.69, 9.17) is 4.98 Å². The molecule has 0 aliphatic carbocycles. The monoisotopic (exact) mass is 373 g/mol. The molecule has 1 N–H and O–H groups in total. The lowest BCUT2D eigenvalue weighted by molar-refractivity contribution is 0.709. The van der Waals surface area contributed by atoms with Crippen molar-refractivity contribution in [3.05, 3.63) is 82.3 Å². The summed E-state index contributed by atoms with van der Waals surface area (Å²) in [5, 5.41) is 3.29. The Kier molecular flexibility index (Phi) is 4.79. The van der Waals surface area contributed by atoms with E-state index in [0.29, 0.717) is 11.5 Å². The Morgan fingerprint density at radius 1 is 1.29 bits per heavy atom. The molecule has 0 amide bonds. The fourth-order valence-corrected chi connectivity index (χ4v) is 3.32. The molecule has 0 atom stereocenters. The Labute approximate surface area is 163 Å². The molecule has 1 aliphatic rings. The summed E-state index contributed by atoms with van der Waals surface area (Å²) >= 11 is 0. The van der Waals surface area contributed by atoms with Gasteiger partial charge in [0.15, 0.2) is 0 Å². The van der Waals surface area contributed by atoms with Crippen LogP contribution in [0.3, 0.4) is 0 Å². The van der Waals surface area contributed by atoms with Crippen LogP contribution in [0.15, 0.2) is 65.3 Å². The second-order valence-electron chi connectivity index (χ2n) is 7.00. The average molecular weight is 373 g/mol. The number of nitrogens with zero attached hydrogens (tertiary/aromatic N) is 4. The van der Waals surface area contributed by atoms with E-state index >= 15 is 0 Å². The van der Waals surface area contributed by atoms with Crippen LogP contribution in [-0.4, -0.2) is 32.0 Å². The van der Waals surface area contributed by atoms with Crippen molar-refractivity contribution in [2.24, 2.45) is 7.05 Å². The standard InChI is InChI=1S/C22H23N5O/c1-15(17-8-10-23-11-9-17)4-6-20-25-19(12-22(28)26(20)3)18-5-7-21-24-16(2)13-27(21)14-18/h4-8,12-14,23H,1,9-11H2,2-3H3/b6-4-. The highest BCUT2D eigenvalue weighted by atomic mass is 16.1. The zero-order valence-corrected chi connectivity index (χ0v) is 16.1. The second-order valence-corrected chi connectivity index (χ2v) is 7.00. The minimum atomic E-state index is -0.0988. The number of aromatic nitrogens is 4. The smallest absolute Gasteiger partial charge is 0.254 e. The lowest BCUT2D eigenvalue weighted by Crippen LogP contribution is -2.21. The van der Waals surface area contributed by atoms with E-state index in [9.17, 15) is 4.79 Å². The van der Waals surface area contributed by atoms with Crippen LogP contribution in [-0.2, 0) is 7.05 Å². The predicted molar refractivity (Wildman–Crippen MR) is 112 cm³/mol. The van der Waals surface area contributed by atoms with Crippen LogP contribution < -0.4 is 10.9 Å². The van der Waals surface area contributed by atoms with Gasteiger partial charge in [-0.25, -0.2) is 9.97 Å². The van der Waals surface area contributed by atoms with E-state index in [-0.39, 0.29) is 5.56 Å². The second kappa shape index (κ2) is 7.40. The molecule has 0 saturated heterocycles. The Morgan fingerprint density at radius 3 is 2.93 bits per heavy atom. The Morgan fingerprint density at radius 2 is 2.14 bits per heavy atom. The molecule has 0 bridgehead atoms. The fourth-order valence-electron chi connectivity index (χ4n) is 3.32. The summed E-state index contributed by atoms with van der Waals surface area (Å²) in [6, 6.07) is 5.44. The number of imidazole rings is 1. The van der Waals surface area contributed by atoms with Gasteiger partial charge in [0.1, 0.15) is 11.5 Å². The maximum Gasteiger partial charge on any atom is 0.254 e. The fraction of sp³-hybridized carbons (Fsp3) is 0.227. The first-order valence-electron chi connectivity index (χ1n) is 9.32. The summed E-state index contributed by atoms with van der Waals surface area (Å²) in [6.45, 7) is 7.93. The maximum atomic E-state index is 12.5. The van der Waals surface area contributed by atoms with Gasteiger partial charge < -0.3 is 9.72 Å². The van der Waals surface area contributed by atoms with Crippen molar-refractivity contribution in [2.75, 3.05) is 13.1 Å². The molecule has 0 radical (unpaired) electrons. The third kappa shape index (κ3) is 3.59. The minimum Gasteiger partial charge on any atom is -0.313 e. The summed E-state index contributed by atoms with van der Waals surface area (Å²) in [5.74, 6) is 0.597. The number of hydrogen-bond acceptors (Lipinski definition) is 4. The molecule has 0 fully saturated rings. The molecule has 4 rings (SSSR count). The molecule has 0 saturated carbocycles. The maximum absolute atomic E-state index is 12.5. The molecule has 0 unspecified atom stereocenters. The van der Waals surface area contributed by atoms with Crippen molar-refractivity contribution in [2.45, 2.75) is 13.3 Å². The van der Waals surface area contributed by atoms with Crippen molar-refractivity contribution in [1.29, 1.82) is 0 Å². The van der Waals surface area contributed by atoms with Crippen molar-refractivity contribution in [3.63, 3.8) is 0 Å². The van der Waals surface area contributed by atoms with Crippen LogP contribution in [0.4, 0.5) is 0 Å². The number of rotatable bonds is 4. The summed E-state index contributed by atoms with van der Waals surface area (Å²) in [7, 11) is 1.73. The van der Waals surface area contributed by atoms with Gasteiger partial charge in [-0.1, -0.05) is 18.7 Å². The molecule has 3 aromatic rings. The van der Waals surface area contributed by atoms with Crippen molar-refractivity contribution >= 4 is 11.7 Å². The molecule has 28 heavy (non-hydrogen) atoms. The van der Waals surface area contributed by atoms with Gasteiger partial charge >= 0.3 is 0 Å². The largest absolute Gasteiger partial charge is 0.313 e. The number of hydrogen-bond donors (Lipinski definition) is 1. The predicted octanol–water partition coefficient (Wildman–Crippen LogP) is 2.89. The SMILES string of the molecule is C=C(/C=C\c1nc(-c2ccc3nc(C)cn3c2)cc(=O)n1C)C1=CCNCC1. The van der Waals surface area contributed by atoms with Gasteiger partial charge in [-0.05, 0) is 49.2 Å². The van der Waals surface area contributed by atoms with E-state index in [2.05, 4.69) is 23.0 Å². The Hall–Kier alpha value is -3.25. The number of aryl methyl sites for hydroxylation is 1. The normalized spacial score (nSPS) is 14.6. The van der Waals surface area contributed by atoms with E-state index in [1.54, 1.807) is 17.7 Å². The summed E-state index contributed by atoms with van der Waals surface area (Å²) in [6.07, 6.45) is 10.8.